The van der Waals surface area contributed by atoms with Crippen molar-refractivity contribution in [3.63, 3.8) is 0 Å². The van der Waals surface area contributed by atoms with Crippen LogP contribution in [0.2, 0.25) is 5.02 Å². The number of carbonyl (C=O) groups is 2. The highest BCUT2D eigenvalue weighted by Crippen LogP contribution is 2.33. The van der Waals surface area contributed by atoms with E-state index in [0.29, 0.717) is 14.2 Å². The van der Waals surface area contributed by atoms with Crippen LogP contribution in [0.4, 0.5) is 5.69 Å². The predicted octanol–water partition coefficient (Wildman–Crippen LogP) is 4.58. The van der Waals surface area contributed by atoms with E-state index < -0.39 is 0 Å². The van der Waals surface area contributed by atoms with Crippen LogP contribution in [0.1, 0.15) is 17.5 Å². The van der Waals surface area contributed by atoms with Crippen LogP contribution in [0, 0.1) is 6.92 Å². The average Bonchev–Trinajstić information content (AvgIpc) is 2.91. The fourth-order valence-electron chi connectivity index (χ4n) is 2.54. The van der Waals surface area contributed by atoms with Crippen LogP contribution < -0.4 is 5.32 Å². The first-order chi connectivity index (χ1) is 13.3. The molecular formula is C20H17ClN2O3S2. The van der Waals surface area contributed by atoms with Crippen LogP contribution in [0.3, 0.4) is 0 Å². The molecule has 1 aliphatic rings. The lowest BCUT2D eigenvalue weighted by Crippen LogP contribution is -2.31. The van der Waals surface area contributed by atoms with Gasteiger partial charge >= 0.3 is 0 Å². The predicted molar refractivity (Wildman–Crippen MR) is 117 cm³/mol. The second-order valence-electron chi connectivity index (χ2n) is 6.20. The van der Waals surface area contributed by atoms with E-state index in [4.69, 9.17) is 23.8 Å². The molecule has 8 heteroatoms. The summed E-state index contributed by atoms with van der Waals surface area (Å²) in [6, 6.07) is 12.2. The standard InChI is InChI=1S/C20H17ClN2O3S2/c1-12-2-4-13(5-3-12)10-17-19(26)23(20(27)28-17)9-8-18(25)22-15-11-14(21)6-7-16(15)24/h2-7,10-11,24H,8-9H2,1H3,(H,22,25)/b17-10+. The first-order valence-corrected chi connectivity index (χ1v) is 10.0. The highest BCUT2D eigenvalue weighted by atomic mass is 35.5. The van der Waals surface area contributed by atoms with Crippen LogP contribution in [0.15, 0.2) is 47.4 Å². The molecule has 0 atom stereocenters. The van der Waals surface area contributed by atoms with Crippen molar-refractivity contribution in [2.45, 2.75) is 13.3 Å². The number of phenols is 1. The lowest BCUT2D eigenvalue weighted by atomic mass is 10.1. The summed E-state index contributed by atoms with van der Waals surface area (Å²) in [5.74, 6) is -0.646. The SMILES string of the molecule is Cc1ccc(/C=C2/SC(=S)N(CCC(=O)Nc3cc(Cl)ccc3O)C2=O)cc1. The zero-order chi connectivity index (χ0) is 20.3. The lowest BCUT2D eigenvalue weighted by molar-refractivity contribution is -0.122. The number of thioether (sulfide) groups is 1. The number of aromatic hydroxyl groups is 1. The maximum atomic E-state index is 12.6. The molecule has 0 saturated carbocycles. The van der Waals surface area contributed by atoms with Gasteiger partial charge in [-0.15, -0.1) is 0 Å². The molecule has 1 fully saturated rings. The first kappa shape index (κ1) is 20.4. The monoisotopic (exact) mass is 432 g/mol. The molecule has 0 spiro atoms. The number of hydrogen-bond donors (Lipinski definition) is 2. The molecule has 2 amide bonds. The molecule has 28 heavy (non-hydrogen) atoms. The molecule has 1 aliphatic heterocycles. The molecular weight excluding hydrogens is 416 g/mol. The third-order valence-electron chi connectivity index (χ3n) is 4.04. The largest absolute Gasteiger partial charge is 0.506 e. The number of nitrogens with zero attached hydrogens (tertiary/aromatic N) is 1. The Balaban J connectivity index is 1.62. The minimum absolute atomic E-state index is 0.0379. The Morgan fingerprint density at radius 1 is 1.29 bits per heavy atom. The number of halogens is 1. The van der Waals surface area contributed by atoms with E-state index in [2.05, 4.69) is 5.32 Å². The normalized spacial score (nSPS) is 15.4. The number of phenolic OH excluding ortho intramolecular Hbond substituents is 1. The molecule has 3 rings (SSSR count). The van der Waals surface area contributed by atoms with Gasteiger partial charge in [0.1, 0.15) is 10.1 Å². The van der Waals surface area contributed by atoms with Gasteiger partial charge < -0.3 is 10.4 Å². The van der Waals surface area contributed by atoms with Gasteiger partial charge in [-0.25, -0.2) is 0 Å². The molecule has 2 aromatic rings. The quantitative estimate of drug-likeness (QED) is 0.411. The van der Waals surface area contributed by atoms with Crippen molar-refractivity contribution < 1.29 is 14.7 Å². The number of hydrogen-bond acceptors (Lipinski definition) is 5. The Hall–Kier alpha value is -2.35. The number of carbonyl (C=O) groups excluding carboxylic acids is 2. The van der Waals surface area contributed by atoms with Gasteiger partial charge in [-0.2, -0.15) is 0 Å². The van der Waals surface area contributed by atoms with Gasteiger partial charge in [0.05, 0.1) is 10.6 Å². The number of amides is 2. The smallest absolute Gasteiger partial charge is 0.266 e. The van der Waals surface area contributed by atoms with Gasteiger partial charge in [0, 0.05) is 18.0 Å². The number of rotatable bonds is 5. The molecule has 2 N–H and O–H groups in total. The summed E-state index contributed by atoms with van der Waals surface area (Å²) < 4.78 is 0.418. The molecule has 0 unspecified atom stereocenters. The fraction of sp³-hybridized carbons (Fsp3) is 0.150. The van der Waals surface area contributed by atoms with Crippen molar-refractivity contribution >= 4 is 63.5 Å². The maximum absolute atomic E-state index is 12.6. The minimum Gasteiger partial charge on any atom is -0.506 e. The van der Waals surface area contributed by atoms with E-state index in [1.165, 1.54) is 34.9 Å². The molecule has 2 aromatic carbocycles. The second kappa shape index (κ2) is 8.77. The maximum Gasteiger partial charge on any atom is 0.266 e. The topological polar surface area (TPSA) is 69.6 Å². The van der Waals surface area contributed by atoms with E-state index in [9.17, 15) is 14.7 Å². The van der Waals surface area contributed by atoms with Crippen LogP contribution >= 0.6 is 35.6 Å². The van der Waals surface area contributed by atoms with Crippen molar-refractivity contribution in [1.82, 2.24) is 4.90 Å². The van der Waals surface area contributed by atoms with Crippen molar-refractivity contribution in [3.05, 3.63) is 63.5 Å². The lowest BCUT2D eigenvalue weighted by Gasteiger charge is -2.14. The summed E-state index contributed by atoms with van der Waals surface area (Å²) in [5.41, 5.74) is 2.28. The minimum atomic E-state index is -0.353. The summed E-state index contributed by atoms with van der Waals surface area (Å²) >= 11 is 12.4. The van der Waals surface area contributed by atoms with Gasteiger partial charge in [-0.05, 0) is 36.8 Å². The number of thiocarbonyl (C=S) groups is 1. The van der Waals surface area contributed by atoms with Crippen LogP contribution in [-0.2, 0) is 9.59 Å². The van der Waals surface area contributed by atoms with Crippen molar-refractivity contribution in [3.8, 4) is 5.75 Å². The van der Waals surface area contributed by atoms with Crippen LogP contribution in [0.25, 0.3) is 6.08 Å². The highest BCUT2D eigenvalue weighted by Gasteiger charge is 2.32. The summed E-state index contributed by atoms with van der Waals surface area (Å²) in [7, 11) is 0. The van der Waals surface area contributed by atoms with Gasteiger partial charge in [0.15, 0.2) is 0 Å². The fourth-order valence-corrected chi connectivity index (χ4v) is 4.02. The third-order valence-corrected chi connectivity index (χ3v) is 5.66. The Morgan fingerprint density at radius 2 is 2.00 bits per heavy atom. The van der Waals surface area contributed by atoms with E-state index in [1.54, 1.807) is 6.08 Å². The van der Waals surface area contributed by atoms with E-state index in [0.717, 1.165) is 11.1 Å². The number of anilines is 1. The number of aryl methyl sites for hydroxylation is 1. The van der Waals surface area contributed by atoms with Crippen molar-refractivity contribution in [2.75, 3.05) is 11.9 Å². The summed E-state index contributed by atoms with van der Waals surface area (Å²) in [4.78, 5) is 26.7. The van der Waals surface area contributed by atoms with Gasteiger partial charge in [0.2, 0.25) is 5.91 Å². The molecule has 5 nitrogen and oxygen atoms in total. The van der Waals surface area contributed by atoms with Crippen molar-refractivity contribution in [2.24, 2.45) is 0 Å². The Bertz CT molecular complexity index is 974. The van der Waals surface area contributed by atoms with Crippen LogP contribution in [-0.4, -0.2) is 32.7 Å². The second-order valence-corrected chi connectivity index (χ2v) is 8.32. The number of nitrogens with one attached hydrogen (secondary N) is 1. The Labute approximate surface area is 177 Å². The summed E-state index contributed by atoms with van der Waals surface area (Å²) in [6.07, 6.45) is 1.83. The summed E-state index contributed by atoms with van der Waals surface area (Å²) in [6.45, 7) is 2.15. The molecule has 1 saturated heterocycles. The molecule has 0 aromatic heterocycles. The van der Waals surface area contributed by atoms with Gasteiger partial charge in [0.25, 0.3) is 5.91 Å². The summed E-state index contributed by atoms with van der Waals surface area (Å²) in [5, 5.41) is 12.7. The molecule has 0 aliphatic carbocycles. The zero-order valence-electron chi connectivity index (χ0n) is 14.9. The molecule has 0 bridgehead atoms. The van der Waals surface area contributed by atoms with E-state index >= 15 is 0 Å². The molecule has 144 valence electrons. The third kappa shape index (κ3) is 4.92. The zero-order valence-corrected chi connectivity index (χ0v) is 17.3. The van der Waals surface area contributed by atoms with Gasteiger partial charge in [-0.3, -0.25) is 14.5 Å². The Morgan fingerprint density at radius 3 is 2.71 bits per heavy atom. The Kier molecular flexibility index (Phi) is 6.39. The van der Waals surface area contributed by atoms with E-state index in [-0.39, 0.29) is 36.2 Å². The molecule has 0 radical (unpaired) electrons. The van der Waals surface area contributed by atoms with Crippen molar-refractivity contribution in [1.29, 1.82) is 0 Å². The molecule has 1 heterocycles. The van der Waals surface area contributed by atoms with Gasteiger partial charge in [-0.1, -0.05) is 65.4 Å². The first-order valence-electron chi connectivity index (χ1n) is 8.44. The van der Waals surface area contributed by atoms with E-state index in [1.807, 2.05) is 31.2 Å². The highest BCUT2D eigenvalue weighted by molar-refractivity contribution is 8.26. The average molecular weight is 433 g/mol. The van der Waals surface area contributed by atoms with Crippen LogP contribution in [0.5, 0.6) is 5.75 Å². The number of benzene rings is 2.